The van der Waals surface area contributed by atoms with Gasteiger partial charge in [-0.05, 0) is 30.7 Å². The highest BCUT2D eigenvalue weighted by Crippen LogP contribution is 2.27. The van der Waals surface area contributed by atoms with Crippen molar-refractivity contribution in [3.8, 4) is 5.75 Å². The van der Waals surface area contributed by atoms with Gasteiger partial charge in [-0.25, -0.2) is 4.98 Å². The van der Waals surface area contributed by atoms with Crippen molar-refractivity contribution < 1.29 is 9.53 Å². The van der Waals surface area contributed by atoms with Crippen molar-refractivity contribution in [2.24, 2.45) is 0 Å². The first-order valence-electron chi connectivity index (χ1n) is 8.24. The predicted octanol–water partition coefficient (Wildman–Crippen LogP) is 1.44. The molecule has 2 aromatic heterocycles. The van der Waals surface area contributed by atoms with E-state index < -0.39 is 0 Å². The molecule has 3 rings (SSSR count). The van der Waals surface area contributed by atoms with E-state index in [1.165, 1.54) is 0 Å². The Morgan fingerprint density at radius 1 is 1.40 bits per heavy atom. The maximum atomic E-state index is 12.7. The summed E-state index contributed by atoms with van der Waals surface area (Å²) in [5.41, 5.74) is 0.537. The summed E-state index contributed by atoms with van der Waals surface area (Å²) in [6.07, 6.45) is 3.87. The number of hydrogen-bond donors (Lipinski definition) is 1. The third-order valence-corrected chi connectivity index (χ3v) is 4.28. The van der Waals surface area contributed by atoms with E-state index in [0.29, 0.717) is 24.4 Å². The van der Waals surface area contributed by atoms with E-state index in [4.69, 9.17) is 4.74 Å². The minimum atomic E-state index is -0.350. The van der Waals surface area contributed by atoms with Gasteiger partial charge in [0, 0.05) is 39.5 Å². The number of aromatic amines is 1. The van der Waals surface area contributed by atoms with Gasteiger partial charge in [0.2, 0.25) is 0 Å². The highest BCUT2D eigenvalue weighted by atomic mass is 16.5. The lowest BCUT2D eigenvalue weighted by atomic mass is 10.1. The fourth-order valence-electron chi connectivity index (χ4n) is 3.00. The van der Waals surface area contributed by atoms with E-state index in [0.717, 1.165) is 12.2 Å². The molecule has 1 aliphatic rings. The van der Waals surface area contributed by atoms with Crippen LogP contribution in [0.25, 0.3) is 0 Å². The monoisotopic (exact) mass is 342 g/mol. The van der Waals surface area contributed by atoms with Crippen molar-refractivity contribution in [1.82, 2.24) is 14.9 Å². The molecule has 7 heteroatoms. The smallest absolute Gasteiger partial charge is 0.261 e. The Morgan fingerprint density at radius 2 is 2.20 bits per heavy atom. The molecule has 0 spiro atoms. The Labute approximate surface area is 146 Å². The molecule has 1 fully saturated rings. The largest absolute Gasteiger partial charge is 0.485 e. The zero-order valence-corrected chi connectivity index (χ0v) is 14.7. The first-order chi connectivity index (χ1) is 12.0. The minimum Gasteiger partial charge on any atom is -0.485 e. The predicted molar refractivity (Wildman–Crippen MR) is 95.3 cm³/mol. The molecule has 1 unspecified atom stereocenters. The fourth-order valence-corrected chi connectivity index (χ4v) is 3.00. The molecular weight excluding hydrogens is 320 g/mol. The average molecular weight is 342 g/mol. The number of aryl methyl sites for hydroxylation is 1. The highest BCUT2D eigenvalue weighted by molar-refractivity contribution is 5.95. The molecule has 1 amide bonds. The SMILES string of the molecule is Cc1cc[nH]c(=O)c1C(=O)N1CCC(Oc2cccnc2N(C)C)C1. The Hall–Kier alpha value is -2.83. The Morgan fingerprint density at radius 3 is 2.92 bits per heavy atom. The van der Waals surface area contributed by atoms with Crippen molar-refractivity contribution in [1.29, 1.82) is 0 Å². The van der Waals surface area contributed by atoms with E-state index in [9.17, 15) is 9.59 Å². The molecule has 0 aliphatic carbocycles. The number of carbonyl (C=O) groups excluding carboxylic acids is 1. The molecule has 132 valence electrons. The highest BCUT2D eigenvalue weighted by Gasteiger charge is 2.30. The van der Waals surface area contributed by atoms with Crippen LogP contribution in [0.1, 0.15) is 22.3 Å². The standard InChI is InChI=1S/C18H22N4O3/c1-12-6-9-20-17(23)15(12)18(24)22-10-7-13(11-22)25-14-5-4-8-19-16(14)21(2)3/h4-6,8-9,13H,7,10-11H2,1-3H3,(H,20,23). The van der Waals surface area contributed by atoms with Crippen LogP contribution in [0.15, 0.2) is 35.4 Å². The summed E-state index contributed by atoms with van der Waals surface area (Å²) in [6.45, 7) is 2.79. The van der Waals surface area contributed by atoms with E-state index in [1.807, 2.05) is 31.1 Å². The minimum absolute atomic E-state index is 0.116. The topological polar surface area (TPSA) is 78.5 Å². The summed E-state index contributed by atoms with van der Waals surface area (Å²) in [5, 5.41) is 0. The van der Waals surface area contributed by atoms with Crippen LogP contribution in [0.4, 0.5) is 5.82 Å². The van der Waals surface area contributed by atoms with Crippen LogP contribution in [-0.4, -0.2) is 54.1 Å². The molecule has 7 nitrogen and oxygen atoms in total. The number of likely N-dealkylation sites (tertiary alicyclic amines) is 1. The molecule has 1 saturated heterocycles. The summed E-state index contributed by atoms with van der Waals surface area (Å²) < 4.78 is 6.06. The lowest BCUT2D eigenvalue weighted by Crippen LogP contribution is -2.35. The number of pyridine rings is 2. The van der Waals surface area contributed by atoms with E-state index in [1.54, 1.807) is 30.3 Å². The summed E-state index contributed by atoms with van der Waals surface area (Å²) in [7, 11) is 3.81. The number of ether oxygens (including phenoxy) is 1. The number of nitrogens with one attached hydrogen (secondary N) is 1. The molecule has 0 radical (unpaired) electrons. The van der Waals surface area contributed by atoms with Crippen molar-refractivity contribution in [3.05, 3.63) is 52.1 Å². The molecule has 1 aliphatic heterocycles. The van der Waals surface area contributed by atoms with E-state index in [2.05, 4.69) is 9.97 Å². The van der Waals surface area contributed by atoms with E-state index >= 15 is 0 Å². The molecule has 1 atom stereocenters. The number of aromatic nitrogens is 2. The Balaban J connectivity index is 1.72. The number of amides is 1. The van der Waals surface area contributed by atoms with Crippen molar-refractivity contribution in [2.75, 3.05) is 32.1 Å². The van der Waals surface area contributed by atoms with Gasteiger partial charge in [0.05, 0.1) is 6.54 Å². The van der Waals surface area contributed by atoms with Gasteiger partial charge in [0.25, 0.3) is 11.5 Å². The second kappa shape index (κ2) is 6.96. The van der Waals surface area contributed by atoms with Crippen LogP contribution in [0, 0.1) is 6.92 Å². The molecular formula is C18H22N4O3. The first-order valence-corrected chi connectivity index (χ1v) is 8.24. The van der Waals surface area contributed by atoms with Crippen molar-refractivity contribution in [3.63, 3.8) is 0 Å². The maximum absolute atomic E-state index is 12.7. The second-order valence-corrected chi connectivity index (χ2v) is 6.36. The number of nitrogens with zero attached hydrogens (tertiary/aromatic N) is 3. The number of anilines is 1. The molecule has 0 bridgehead atoms. The number of H-pyrrole nitrogens is 1. The van der Waals surface area contributed by atoms with Crippen LogP contribution in [-0.2, 0) is 0 Å². The average Bonchev–Trinajstić information content (AvgIpc) is 3.03. The van der Waals surface area contributed by atoms with Crippen molar-refractivity contribution in [2.45, 2.75) is 19.4 Å². The molecule has 2 aromatic rings. The van der Waals surface area contributed by atoms with Crippen LogP contribution in [0.3, 0.4) is 0 Å². The van der Waals surface area contributed by atoms with Gasteiger partial charge in [0.1, 0.15) is 11.7 Å². The molecule has 0 saturated carbocycles. The normalized spacial score (nSPS) is 16.8. The van der Waals surface area contributed by atoms with Gasteiger partial charge in [-0.15, -0.1) is 0 Å². The van der Waals surface area contributed by atoms with Crippen LogP contribution >= 0.6 is 0 Å². The fraction of sp³-hybridized carbons (Fsp3) is 0.389. The molecule has 25 heavy (non-hydrogen) atoms. The molecule has 3 heterocycles. The maximum Gasteiger partial charge on any atom is 0.261 e. The zero-order chi connectivity index (χ0) is 18.0. The van der Waals surface area contributed by atoms with Crippen molar-refractivity contribution >= 4 is 11.7 Å². The lowest BCUT2D eigenvalue weighted by molar-refractivity contribution is 0.0770. The number of hydrogen-bond acceptors (Lipinski definition) is 5. The van der Waals surface area contributed by atoms with Gasteiger partial charge >= 0.3 is 0 Å². The van der Waals surface area contributed by atoms with Crippen LogP contribution in [0.5, 0.6) is 5.75 Å². The van der Waals surface area contributed by atoms with E-state index in [-0.39, 0.29) is 23.1 Å². The second-order valence-electron chi connectivity index (χ2n) is 6.36. The Kier molecular flexibility index (Phi) is 4.74. The third kappa shape index (κ3) is 3.50. The quantitative estimate of drug-likeness (QED) is 0.910. The number of carbonyl (C=O) groups is 1. The zero-order valence-electron chi connectivity index (χ0n) is 14.7. The summed E-state index contributed by atoms with van der Waals surface area (Å²) in [5.74, 6) is 1.20. The summed E-state index contributed by atoms with van der Waals surface area (Å²) in [6, 6.07) is 5.43. The summed E-state index contributed by atoms with van der Waals surface area (Å²) in [4.78, 5) is 35.1. The van der Waals surface area contributed by atoms with Crippen LogP contribution in [0.2, 0.25) is 0 Å². The van der Waals surface area contributed by atoms with Gasteiger partial charge in [-0.2, -0.15) is 0 Å². The molecule has 0 aromatic carbocycles. The number of rotatable bonds is 4. The van der Waals surface area contributed by atoms with Gasteiger partial charge in [-0.3, -0.25) is 9.59 Å². The van der Waals surface area contributed by atoms with Crippen LogP contribution < -0.4 is 15.2 Å². The summed E-state index contributed by atoms with van der Waals surface area (Å²) >= 11 is 0. The Bertz CT molecular complexity index is 831. The molecule has 1 N–H and O–H groups in total. The van der Waals surface area contributed by atoms with Gasteiger partial charge in [0.15, 0.2) is 11.6 Å². The van der Waals surface area contributed by atoms with Gasteiger partial charge in [-0.1, -0.05) is 0 Å². The first kappa shape index (κ1) is 17.0. The lowest BCUT2D eigenvalue weighted by Gasteiger charge is -2.20. The van der Waals surface area contributed by atoms with Gasteiger partial charge < -0.3 is 19.5 Å². The third-order valence-electron chi connectivity index (χ3n) is 4.28.